The Hall–Kier alpha value is -0.800. The van der Waals surface area contributed by atoms with Crippen LogP contribution in [-0.4, -0.2) is 12.6 Å². The molecular formula is C12H17NO2. The van der Waals surface area contributed by atoms with Crippen LogP contribution in [0.1, 0.15) is 37.2 Å². The fourth-order valence-corrected chi connectivity index (χ4v) is 2.58. The summed E-state index contributed by atoms with van der Waals surface area (Å²) in [7, 11) is 1.68. The molecule has 3 nitrogen and oxygen atoms in total. The minimum atomic E-state index is 0.0369. The predicted molar refractivity (Wildman–Crippen MR) is 56.5 cm³/mol. The topological polar surface area (TPSA) is 48.4 Å². The van der Waals surface area contributed by atoms with Crippen molar-refractivity contribution < 1.29 is 9.15 Å². The molecule has 0 amide bonds. The van der Waals surface area contributed by atoms with E-state index in [0.29, 0.717) is 6.61 Å². The van der Waals surface area contributed by atoms with Gasteiger partial charge in [0.15, 0.2) is 0 Å². The number of methoxy groups -OCH3 is 1. The van der Waals surface area contributed by atoms with Gasteiger partial charge >= 0.3 is 0 Å². The fraction of sp³-hybridized carbons (Fsp3) is 0.667. The average molecular weight is 207 g/mol. The van der Waals surface area contributed by atoms with E-state index in [1.54, 1.807) is 7.11 Å². The first-order valence-corrected chi connectivity index (χ1v) is 5.57. The second kappa shape index (κ2) is 2.86. The molecular weight excluding hydrogens is 190 g/mol. The molecule has 2 aliphatic rings. The molecule has 0 unspecified atom stereocenters. The fourth-order valence-electron chi connectivity index (χ4n) is 2.58. The van der Waals surface area contributed by atoms with Crippen LogP contribution in [0.25, 0.3) is 0 Å². The summed E-state index contributed by atoms with van der Waals surface area (Å²) < 4.78 is 10.9. The van der Waals surface area contributed by atoms with Gasteiger partial charge in [-0.25, -0.2) is 0 Å². The first-order chi connectivity index (χ1) is 7.20. The van der Waals surface area contributed by atoms with Crippen LogP contribution in [-0.2, 0) is 16.8 Å². The van der Waals surface area contributed by atoms with Crippen molar-refractivity contribution in [2.45, 2.75) is 43.2 Å². The summed E-state index contributed by atoms with van der Waals surface area (Å²) in [4.78, 5) is 0. The molecule has 82 valence electrons. The normalized spacial score (nSPS) is 25.2. The number of hydrogen-bond donors (Lipinski definition) is 1. The van der Waals surface area contributed by atoms with Gasteiger partial charge in [0.05, 0.1) is 0 Å². The Morgan fingerprint density at radius 2 is 2.07 bits per heavy atom. The van der Waals surface area contributed by atoms with Gasteiger partial charge in [0, 0.05) is 18.1 Å². The summed E-state index contributed by atoms with van der Waals surface area (Å²) in [5.41, 5.74) is 6.51. The predicted octanol–water partition coefficient (Wildman–Crippen LogP) is 1.95. The lowest BCUT2D eigenvalue weighted by Gasteiger charge is -2.20. The summed E-state index contributed by atoms with van der Waals surface area (Å²) in [6, 6.07) is 4.08. The van der Waals surface area contributed by atoms with Gasteiger partial charge < -0.3 is 14.9 Å². The first-order valence-electron chi connectivity index (χ1n) is 5.57. The van der Waals surface area contributed by atoms with Crippen molar-refractivity contribution in [3.8, 4) is 0 Å². The molecule has 0 bridgehead atoms. The maximum Gasteiger partial charge on any atom is 0.129 e. The molecule has 15 heavy (non-hydrogen) atoms. The van der Waals surface area contributed by atoms with Crippen molar-refractivity contribution in [2.75, 3.05) is 7.11 Å². The van der Waals surface area contributed by atoms with E-state index in [1.165, 1.54) is 12.8 Å². The molecule has 2 N–H and O–H groups in total. The molecule has 2 saturated carbocycles. The Morgan fingerprint density at radius 3 is 2.60 bits per heavy atom. The Morgan fingerprint density at radius 1 is 1.33 bits per heavy atom. The number of nitrogens with two attached hydrogens (primary N) is 1. The van der Waals surface area contributed by atoms with Crippen LogP contribution in [0.4, 0.5) is 0 Å². The monoisotopic (exact) mass is 207 g/mol. The second-order valence-electron chi connectivity index (χ2n) is 4.94. The van der Waals surface area contributed by atoms with Gasteiger partial charge in [0.1, 0.15) is 18.1 Å². The molecule has 2 aliphatic carbocycles. The third kappa shape index (κ3) is 1.26. The van der Waals surface area contributed by atoms with Gasteiger partial charge in [-0.05, 0) is 37.8 Å². The van der Waals surface area contributed by atoms with Crippen molar-refractivity contribution in [2.24, 2.45) is 5.73 Å². The smallest absolute Gasteiger partial charge is 0.129 e. The standard InChI is InChI=1S/C12H17NO2/c1-14-8-9-2-3-10(15-9)11(4-5-11)12(13)6-7-12/h2-3H,4-8,13H2,1H3. The summed E-state index contributed by atoms with van der Waals surface area (Å²) in [6.07, 6.45) is 4.66. The zero-order valence-corrected chi connectivity index (χ0v) is 9.08. The van der Waals surface area contributed by atoms with E-state index >= 15 is 0 Å². The van der Waals surface area contributed by atoms with Crippen LogP contribution in [0.3, 0.4) is 0 Å². The van der Waals surface area contributed by atoms with Crippen molar-refractivity contribution in [1.29, 1.82) is 0 Å². The zero-order chi connectivity index (χ0) is 10.5. The quantitative estimate of drug-likeness (QED) is 0.821. The van der Waals surface area contributed by atoms with E-state index in [-0.39, 0.29) is 11.0 Å². The maximum atomic E-state index is 6.31. The number of furan rings is 1. The van der Waals surface area contributed by atoms with Gasteiger partial charge in [0.25, 0.3) is 0 Å². The number of ether oxygens (including phenoxy) is 1. The summed E-state index contributed by atoms with van der Waals surface area (Å²) in [5, 5.41) is 0. The van der Waals surface area contributed by atoms with Crippen molar-refractivity contribution in [1.82, 2.24) is 0 Å². The summed E-state index contributed by atoms with van der Waals surface area (Å²) >= 11 is 0. The molecule has 0 radical (unpaired) electrons. The lowest BCUT2D eigenvalue weighted by Crippen LogP contribution is -2.36. The number of rotatable bonds is 4. The Balaban J connectivity index is 1.86. The highest BCUT2D eigenvalue weighted by atomic mass is 16.5. The van der Waals surface area contributed by atoms with Crippen LogP contribution in [0, 0.1) is 0 Å². The van der Waals surface area contributed by atoms with E-state index in [0.717, 1.165) is 24.4 Å². The molecule has 1 aromatic heterocycles. The molecule has 0 saturated heterocycles. The van der Waals surface area contributed by atoms with Crippen LogP contribution >= 0.6 is 0 Å². The summed E-state index contributed by atoms with van der Waals surface area (Å²) in [6.45, 7) is 0.549. The Bertz CT molecular complexity index is 375. The van der Waals surface area contributed by atoms with Gasteiger partial charge in [-0.1, -0.05) is 0 Å². The van der Waals surface area contributed by atoms with Crippen LogP contribution < -0.4 is 5.73 Å². The van der Waals surface area contributed by atoms with Gasteiger partial charge in [-0.15, -0.1) is 0 Å². The van der Waals surface area contributed by atoms with Crippen molar-refractivity contribution in [3.05, 3.63) is 23.7 Å². The molecule has 3 heteroatoms. The van der Waals surface area contributed by atoms with Crippen molar-refractivity contribution in [3.63, 3.8) is 0 Å². The van der Waals surface area contributed by atoms with Crippen molar-refractivity contribution >= 4 is 0 Å². The maximum absolute atomic E-state index is 6.31. The highest BCUT2D eigenvalue weighted by Crippen LogP contribution is 2.63. The van der Waals surface area contributed by atoms with Gasteiger partial charge in [0.2, 0.25) is 0 Å². The molecule has 1 aromatic rings. The van der Waals surface area contributed by atoms with E-state index in [9.17, 15) is 0 Å². The third-order valence-corrected chi connectivity index (χ3v) is 3.91. The van der Waals surface area contributed by atoms with Gasteiger partial charge in [-0.2, -0.15) is 0 Å². The number of hydrogen-bond acceptors (Lipinski definition) is 3. The largest absolute Gasteiger partial charge is 0.463 e. The Kier molecular flexibility index (Phi) is 1.80. The average Bonchev–Trinajstić information content (AvgIpc) is 3.11. The van der Waals surface area contributed by atoms with Gasteiger partial charge in [-0.3, -0.25) is 0 Å². The highest BCUT2D eigenvalue weighted by Gasteiger charge is 2.65. The minimum Gasteiger partial charge on any atom is -0.463 e. The molecule has 0 aliphatic heterocycles. The van der Waals surface area contributed by atoms with Crippen LogP contribution in [0.15, 0.2) is 16.5 Å². The molecule has 3 rings (SSSR count). The molecule has 0 atom stereocenters. The summed E-state index contributed by atoms with van der Waals surface area (Å²) in [5.74, 6) is 1.98. The minimum absolute atomic E-state index is 0.0369. The second-order valence-corrected chi connectivity index (χ2v) is 4.94. The molecule has 2 fully saturated rings. The molecule has 0 spiro atoms. The van der Waals surface area contributed by atoms with E-state index in [4.69, 9.17) is 14.9 Å². The lowest BCUT2D eigenvalue weighted by atomic mass is 9.92. The van der Waals surface area contributed by atoms with Crippen LogP contribution in [0.2, 0.25) is 0 Å². The van der Waals surface area contributed by atoms with E-state index in [2.05, 4.69) is 6.07 Å². The zero-order valence-electron chi connectivity index (χ0n) is 9.08. The first kappa shape index (κ1) is 9.43. The molecule has 1 heterocycles. The van der Waals surface area contributed by atoms with E-state index in [1.807, 2.05) is 6.07 Å². The third-order valence-electron chi connectivity index (χ3n) is 3.91. The Labute approximate surface area is 89.6 Å². The lowest BCUT2D eigenvalue weighted by molar-refractivity contribution is 0.160. The highest BCUT2D eigenvalue weighted by molar-refractivity contribution is 5.35. The van der Waals surface area contributed by atoms with E-state index < -0.39 is 0 Å². The SMILES string of the molecule is COCc1ccc(C2(C3(N)CC3)CC2)o1. The molecule has 0 aromatic carbocycles. The van der Waals surface area contributed by atoms with Crippen LogP contribution in [0.5, 0.6) is 0 Å².